The monoisotopic (exact) mass is 423 g/mol. The normalized spacial score (nSPS) is 14.7. The number of carbonyl (C=O) groups is 1. The van der Waals surface area contributed by atoms with Gasteiger partial charge in [-0.05, 0) is 36.8 Å². The minimum absolute atomic E-state index is 0.0780. The van der Waals surface area contributed by atoms with Gasteiger partial charge < -0.3 is 10.2 Å². The van der Waals surface area contributed by atoms with E-state index in [-0.39, 0.29) is 11.7 Å². The highest BCUT2D eigenvalue weighted by Gasteiger charge is 2.21. The first kappa shape index (κ1) is 20.6. The van der Waals surface area contributed by atoms with Crippen LogP contribution in [-0.2, 0) is 13.0 Å². The molecule has 0 spiro atoms. The number of para-hydroxylation sites is 1. The Hall–Kier alpha value is -2.70. The first-order valence-corrected chi connectivity index (χ1v) is 11.2. The van der Waals surface area contributed by atoms with E-state index in [9.17, 15) is 9.18 Å². The number of halogens is 1. The number of benzene rings is 2. The molecule has 0 atom stereocenters. The number of piperazine rings is 1. The molecule has 3 aromatic rings. The van der Waals surface area contributed by atoms with Crippen molar-refractivity contribution < 1.29 is 9.18 Å². The molecule has 4 rings (SSSR count). The molecule has 1 fully saturated rings. The summed E-state index contributed by atoms with van der Waals surface area (Å²) in [5.41, 5.74) is 2.49. The number of thiophene rings is 1. The second kappa shape index (κ2) is 9.41. The quantitative estimate of drug-likeness (QED) is 0.604. The maximum atomic E-state index is 14.1. The van der Waals surface area contributed by atoms with Crippen LogP contribution in [0.3, 0.4) is 0 Å². The molecule has 0 saturated carbocycles. The maximum absolute atomic E-state index is 14.1. The van der Waals surface area contributed by atoms with Crippen molar-refractivity contribution in [3.8, 4) is 0 Å². The van der Waals surface area contributed by atoms with E-state index in [1.54, 1.807) is 17.4 Å². The van der Waals surface area contributed by atoms with E-state index in [2.05, 4.69) is 28.1 Å². The number of rotatable bonds is 6. The Bertz CT molecular complexity index is 997. The average molecular weight is 424 g/mol. The van der Waals surface area contributed by atoms with Crippen molar-refractivity contribution in [3.05, 3.63) is 82.5 Å². The van der Waals surface area contributed by atoms with Gasteiger partial charge in [0.15, 0.2) is 0 Å². The summed E-state index contributed by atoms with van der Waals surface area (Å²) in [7, 11) is 0. The largest absolute Gasteiger partial charge is 0.367 e. The minimum Gasteiger partial charge on any atom is -0.367 e. The number of nitrogens with one attached hydrogen (secondary N) is 1. The van der Waals surface area contributed by atoms with Crippen LogP contribution in [0.5, 0.6) is 0 Å². The topological polar surface area (TPSA) is 35.6 Å². The number of hydrogen-bond donors (Lipinski definition) is 1. The molecular weight excluding hydrogens is 397 g/mol. The molecule has 156 valence electrons. The molecule has 2 aromatic carbocycles. The molecule has 2 heterocycles. The molecular formula is C24H26FN3OS. The molecule has 1 N–H and O–H groups in total. The van der Waals surface area contributed by atoms with Crippen molar-refractivity contribution in [1.29, 1.82) is 0 Å². The van der Waals surface area contributed by atoms with Gasteiger partial charge in [-0.3, -0.25) is 9.69 Å². The fourth-order valence-electron chi connectivity index (χ4n) is 3.74. The third kappa shape index (κ3) is 4.71. The van der Waals surface area contributed by atoms with Gasteiger partial charge in [0.1, 0.15) is 5.82 Å². The average Bonchev–Trinajstić information content (AvgIpc) is 3.16. The van der Waals surface area contributed by atoms with Crippen LogP contribution in [0.2, 0.25) is 0 Å². The summed E-state index contributed by atoms with van der Waals surface area (Å²) >= 11 is 1.65. The predicted molar refractivity (Wildman–Crippen MR) is 122 cm³/mol. The highest BCUT2D eigenvalue weighted by Crippen LogP contribution is 2.31. The van der Waals surface area contributed by atoms with Crippen LogP contribution in [0.15, 0.2) is 60.7 Å². The van der Waals surface area contributed by atoms with Gasteiger partial charge in [0.05, 0.1) is 10.7 Å². The zero-order chi connectivity index (χ0) is 20.9. The molecule has 6 heteroatoms. The second-order valence-electron chi connectivity index (χ2n) is 7.46. The molecule has 1 aliphatic heterocycles. The zero-order valence-corrected chi connectivity index (χ0v) is 17.9. The van der Waals surface area contributed by atoms with Crippen LogP contribution in [0.4, 0.5) is 15.1 Å². The van der Waals surface area contributed by atoms with Crippen LogP contribution in [0, 0.1) is 5.82 Å². The summed E-state index contributed by atoms with van der Waals surface area (Å²) in [6, 6.07) is 18.5. The van der Waals surface area contributed by atoms with Gasteiger partial charge in [-0.15, -0.1) is 11.3 Å². The van der Waals surface area contributed by atoms with Crippen molar-refractivity contribution in [2.24, 2.45) is 0 Å². The van der Waals surface area contributed by atoms with Gasteiger partial charge in [-0.25, -0.2) is 4.39 Å². The van der Waals surface area contributed by atoms with Crippen molar-refractivity contribution >= 4 is 27.9 Å². The molecule has 1 saturated heterocycles. The van der Waals surface area contributed by atoms with E-state index in [4.69, 9.17) is 0 Å². The lowest BCUT2D eigenvalue weighted by atomic mass is 10.2. The summed E-state index contributed by atoms with van der Waals surface area (Å²) in [5.74, 6) is -0.243. The highest BCUT2D eigenvalue weighted by molar-refractivity contribution is 7.16. The summed E-state index contributed by atoms with van der Waals surface area (Å²) in [5, 5.41) is 4.03. The lowest BCUT2D eigenvalue weighted by molar-refractivity contribution is 0.102. The maximum Gasteiger partial charge on any atom is 0.256 e. The number of hydrogen-bond acceptors (Lipinski definition) is 4. The molecule has 0 bridgehead atoms. The van der Waals surface area contributed by atoms with Gasteiger partial charge in [0, 0.05) is 48.7 Å². The van der Waals surface area contributed by atoms with E-state index in [1.165, 1.54) is 10.9 Å². The Morgan fingerprint density at radius 2 is 1.73 bits per heavy atom. The Morgan fingerprint density at radius 1 is 1.03 bits per heavy atom. The number of aryl methyl sites for hydroxylation is 1. The Morgan fingerprint density at radius 3 is 2.43 bits per heavy atom. The number of anilines is 2. The van der Waals surface area contributed by atoms with Gasteiger partial charge in [-0.2, -0.15) is 0 Å². The van der Waals surface area contributed by atoms with Crippen LogP contribution in [-0.4, -0.2) is 37.0 Å². The third-order valence-corrected chi connectivity index (χ3v) is 6.67. The molecule has 0 aliphatic carbocycles. The van der Waals surface area contributed by atoms with Gasteiger partial charge in [0.2, 0.25) is 0 Å². The minimum atomic E-state index is -0.165. The molecule has 1 aliphatic rings. The molecule has 1 amide bonds. The fraction of sp³-hybridized carbons (Fsp3) is 0.292. The van der Waals surface area contributed by atoms with Crippen LogP contribution in [0.1, 0.15) is 27.7 Å². The lowest BCUT2D eigenvalue weighted by Gasteiger charge is -2.36. The van der Waals surface area contributed by atoms with Crippen molar-refractivity contribution in [1.82, 2.24) is 4.90 Å². The highest BCUT2D eigenvalue weighted by atomic mass is 32.1. The number of amides is 1. The summed E-state index contributed by atoms with van der Waals surface area (Å²) < 4.78 is 14.1. The SMILES string of the molecule is CCc1cc(CN2CCN(c3ccccc3F)CC2)c(NC(=O)c2ccccc2)s1. The van der Waals surface area contributed by atoms with E-state index >= 15 is 0 Å². The van der Waals surface area contributed by atoms with Gasteiger partial charge in [-0.1, -0.05) is 37.3 Å². The first-order valence-electron chi connectivity index (χ1n) is 10.3. The van der Waals surface area contributed by atoms with E-state index in [0.29, 0.717) is 11.3 Å². The Kier molecular flexibility index (Phi) is 6.45. The van der Waals surface area contributed by atoms with E-state index in [1.807, 2.05) is 42.5 Å². The lowest BCUT2D eigenvalue weighted by Crippen LogP contribution is -2.46. The number of carbonyl (C=O) groups excluding carboxylic acids is 1. The Balaban J connectivity index is 1.42. The second-order valence-corrected chi connectivity index (χ2v) is 8.59. The smallest absolute Gasteiger partial charge is 0.256 e. The molecule has 0 radical (unpaired) electrons. The summed E-state index contributed by atoms with van der Waals surface area (Å²) in [6.45, 7) is 6.21. The van der Waals surface area contributed by atoms with E-state index in [0.717, 1.165) is 49.7 Å². The third-order valence-electron chi connectivity index (χ3n) is 5.43. The molecule has 1 aromatic heterocycles. The molecule has 4 nitrogen and oxygen atoms in total. The molecule has 0 unspecified atom stereocenters. The van der Waals surface area contributed by atoms with Gasteiger partial charge in [0.25, 0.3) is 5.91 Å². The van der Waals surface area contributed by atoms with Crippen LogP contribution < -0.4 is 10.2 Å². The molecule has 30 heavy (non-hydrogen) atoms. The number of nitrogens with zero attached hydrogens (tertiary/aromatic N) is 2. The van der Waals surface area contributed by atoms with Crippen molar-refractivity contribution in [2.45, 2.75) is 19.9 Å². The van der Waals surface area contributed by atoms with Crippen molar-refractivity contribution in [3.63, 3.8) is 0 Å². The Labute approximate surface area is 180 Å². The van der Waals surface area contributed by atoms with Crippen LogP contribution in [0.25, 0.3) is 0 Å². The first-order chi connectivity index (χ1) is 14.6. The van der Waals surface area contributed by atoms with Gasteiger partial charge >= 0.3 is 0 Å². The van der Waals surface area contributed by atoms with E-state index < -0.39 is 0 Å². The standard InChI is InChI=1S/C24H26FN3OS/c1-2-20-16-19(24(30-20)26-23(29)18-8-4-3-5-9-18)17-27-12-14-28(15-13-27)22-11-7-6-10-21(22)25/h3-11,16H,2,12-15,17H2,1H3,(H,26,29). The zero-order valence-electron chi connectivity index (χ0n) is 17.1. The fourth-order valence-corrected chi connectivity index (χ4v) is 4.75. The van der Waals surface area contributed by atoms with Crippen molar-refractivity contribution in [2.75, 3.05) is 36.4 Å². The summed E-state index contributed by atoms with van der Waals surface area (Å²) in [6.07, 6.45) is 0.944. The predicted octanol–water partition coefficient (Wildman–Crippen LogP) is 5.02. The summed E-state index contributed by atoms with van der Waals surface area (Å²) in [4.78, 5) is 18.4. The van der Waals surface area contributed by atoms with Crippen LogP contribution >= 0.6 is 11.3 Å².